The lowest BCUT2D eigenvalue weighted by atomic mass is 9.90. The van der Waals surface area contributed by atoms with Gasteiger partial charge in [0.2, 0.25) is 5.91 Å². The van der Waals surface area contributed by atoms with Crippen LogP contribution in [-0.4, -0.2) is 35.5 Å². The van der Waals surface area contributed by atoms with Crippen LogP contribution in [0.1, 0.15) is 34.6 Å². The van der Waals surface area contributed by atoms with Crippen molar-refractivity contribution in [1.82, 2.24) is 4.90 Å². The van der Waals surface area contributed by atoms with Crippen molar-refractivity contribution in [2.45, 2.75) is 34.6 Å². The molecule has 0 aliphatic rings. The van der Waals surface area contributed by atoms with Gasteiger partial charge in [0.1, 0.15) is 5.41 Å². The first-order chi connectivity index (χ1) is 6.48. The van der Waals surface area contributed by atoms with Gasteiger partial charge in [0.15, 0.2) is 0 Å². The fourth-order valence-corrected chi connectivity index (χ4v) is 1.35. The summed E-state index contributed by atoms with van der Waals surface area (Å²) in [5.41, 5.74) is -1.38. The van der Waals surface area contributed by atoms with E-state index in [0.717, 1.165) is 0 Å². The molecule has 0 saturated carbocycles. The summed E-state index contributed by atoms with van der Waals surface area (Å²) in [5, 5.41) is 8.91. The van der Waals surface area contributed by atoms with E-state index in [1.54, 1.807) is 7.05 Å². The molecule has 0 spiro atoms. The van der Waals surface area contributed by atoms with Crippen molar-refractivity contribution in [2.24, 2.45) is 10.8 Å². The Kier molecular flexibility index (Phi) is 3.91. The number of carbonyl (C=O) groups excluding carboxylic acids is 1. The third kappa shape index (κ3) is 3.90. The van der Waals surface area contributed by atoms with E-state index in [-0.39, 0.29) is 11.3 Å². The molecule has 15 heavy (non-hydrogen) atoms. The molecule has 0 fully saturated rings. The lowest BCUT2D eigenvalue weighted by molar-refractivity contribution is -0.158. The van der Waals surface area contributed by atoms with Crippen LogP contribution in [0.4, 0.5) is 0 Å². The van der Waals surface area contributed by atoms with Gasteiger partial charge in [0.25, 0.3) is 0 Å². The average Bonchev–Trinajstić information content (AvgIpc) is 1.99. The van der Waals surface area contributed by atoms with Crippen molar-refractivity contribution < 1.29 is 14.7 Å². The number of carboxylic acid groups (broad SMARTS) is 1. The van der Waals surface area contributed by atoms with Gasteiger partial charge in [-0.3, -0.25) is 9.59 Å². The summed E-state index contributed by atoms with van der Waals surface area (Å²) in [6.45, 7) is 9.41. The number of hydrogen-bond acceptors (Lipinski definition) is 2. The molecule has 0 aromatic heterocycles. The number of rotatable bonds is 3. The summed E-state index contributed by atoms with van der Waals surface area (Å²) >= 11 is 0. The zero-order chi connectivity index (χ0) is 12.4. The van der Waals surface area contributed by atoms with E-state index in [1.165, 1.54) is 18.7 Å². The summed E-state index contributed by atoms with van der Waals surface area (Å²) in [7, 11) is 1.64. The Morgan fingerprint density at radius 1 is 1.13 bits per heavy atom. The lowest BCUT2D eigenvalue weighted by Crippen LogP contribution is -2.45. The number of nitrogens with zero attached hydrogens (tertiary/aromatic N) is 1. The molecule has 4 heteroatoms. The van der Waals surface area contributed by atoms with E-state index in [9.17, 15) is 9.59 Å². The van der Waals surface area contributed by atoms with Crippen molar-refractivity contribution in [3.63, 3.8) is 0 Å². The first kappa shape index (κ1) is 13.9. The minimum Gasteiger partial charge on any atom is -0.480 e. The molecule has 0 radical (unpaired) electrons. The minimum atomic E-state index is -1.35. The molecule has 0 aromatic rings. The van der Waals surface area contributed by atoms with E-state index in [0.29, 0.717) is 6.54 Å². The Morgan fingerprint density at radius 2 is 1.53 bits per heavy atom. The highest BCUT2D eigenvalue weighted by Crippen LogP contribution is 2.21. The zero-order valence-corrected chi connectivity index (χ0v) is 10.4. The number of aliphatic carboxylic acids is 1. The monoisotopic (exact) mass is 215 g/mol. The van der Waals surface area contributed by atoms with Gasteiger partial charge < -0.3 is 10.0 Å². The molecule has 0 saturated heterocycles. The number of amides is 1. The second kappa shape index (κ2) is 4.21. The highest BCUT2D eigenvalue weighted by Gasteiger charge is 2.38. The predicted octanol–water partition coefficient (Wildman–Crippen LogP) is 1.60. The van der Waals surface area contributed by atoms with Gasteiger partial charge in [0.05, 0.1) is 0 Å². The maximum absolute atomic E-state index is 11.8. The second-order valence-electron chi connectivity index (χ2n) is 5.65. The Labute approximate surface area is 91.3 Å². The Balaban J connectivity index is 4.66. The first-order valence-electron chi connectivity index (χ1n) is 4.97. The van der Waals surface area contributed by atoms with Gasteiger partial charge in [-0.05, 0) is 19.3 Å². The van der Waals surface area contributed by atoms with Crippen LogP contribution < -0.4 is 0 Å². The molecule has 0 rings (SSSR count). The van der Waals surface area contributed by atoms with E-state index in [2.05, 4.69) is 0 Å². The summed E-state index contributed by atoms with van der Waals surface area (Å²) in [5.74, 6) is -1.45. The van der Waals surface area contributed by atoms with E-state index in [1.807, 2.05) is 20.8 Å². The molecule has 1 N–H and O–H groups in total. The number of carbonyl (C=O) groups is 2. The normalized spacial score (nSPS) is 12.4. The van der Waals surface area contributed by atoms with Gasteiger partial charge >= 0.3 is 5.97 Å². The molecule has 0 aliphatic carbocycles. The van der Waals surface area contributed by atoms with Crippen LogP contribution in [0, 0.1) is 10.8 Å². The number of carboxylic acids is 1. The van der Waals surface area contributed by atoms with Crippen molar-refractivity contribution >= 4 is 11.9 Å². The predicted molar refractivity (Wildman–Crippen MR) is 58.5 cm³/mol. The lowest BCUT2D eigenvalue weighted by Gasteiger charge is -2.31. The molecule has 0 bridgehead atoms. The van der Waals surface area contributed by atoms with E-state index >= 15 is 0 Å². The molecule has 0 unspecified atom stereocenters. The van der Waals surface area contributed by atoms with Crippen LogP contribution in [0.2, 0.25) is 0 Å². The molecule has 0 aliphatic heterocycles. The summed E-state index contributed by atoms with van der Waals surface area (Å²) in [6, 6.07) is 0. The van der Waals surface area contributed by atoms with Crippen LogP contribution in [0.15, 0.2) is 0 Å². The van der Waals surface area contributed by atoms with Crippen molar-refractivity contribution in [3.8, 4) is 0 Å². The van der Waals surface area contributed by atoms with Crippen molar-refractivity contribution in [2.75, 3.05) is 13.6 Å². The Morgan fingerprint density at radius 3 is 1.80 bits per heavy atom. The molecule has 88 valence electrons. The fraction of sp³-hybridized carbons (Fsp3) is 0.818. The summed E-state index contributed by atoms with van der Waals surface area (Å²) < 4.78 is 0. The van der Waals surface area contributed by atoms with Gasteiger partial charge in [-0.25, -0.2) is 0 Å². The van der Waals surface area contributed by atoms with Gasteiger partial charge in [-0.15, -0.1) is 0 Å². The fourth-order valence-electron chi connectivity index (χ4n) is 1.35. The largest absolute Gasteiger partial charge is 0.480 e. The first-order valence-corrected chi connectivity index (χ1v) is 4.97. The standard InChI is InChI=1S/C11H21NO3/c1-10(2,3)7-12(6)8(13)11(4,5)9(14)15/h7H2,1-6H3,(H,14,15). The molecule has 0 heterocycles. The van der Waals surface area contributed by atoms with Gasteiger partial charge in [-0.1, -0.05) is 20.8 Å². The molecule has 0 atom stereocenters. The summed E-state index contributed by atoms with van der Waals surface area (Å²) in [4.78, 5) is 24.2. The SMILES string of the molecule is CN(CC(C)(C)C)C(=O)C(C)(C)C(=O)O. The quantitative estimate of drug-likeness (QED) is 0.727. The van der Waals surface area contributed by atoms with E-state index < -0.39 is 11.4 Å². The topological polar surface area (TPSA) is 57.6 Å². The van der Waals surface area contributed by atoms with Crippen molar-refractivity contribution in [1.29, 1.82) is 0 Å². The van der Waals surface area contributed by atoms with Crippen molar-refractivity contribution in [3.05, 3.63) is 0 Å². The summed E-state index contributed by atoms with van der Waals surface area (Å²) in [6.07, 6.45) is 0. The van der Waals surface area contributed by atoms with Crippen LogP contribution in [0.3, 0.4) is 0 Å². The van der Waals surface area contributed by atoms with Crippen LogP contribution in [-0.2, 0) is 9.59 Å². The number of hydrogen-bond donors (Lipinski definition) is 1. The van der Waals surface area contributed by atoms with Gasteiger partial charge in [0, 0.05) is 13.6 Å². The van der Waals surface area contributed by atoms with Crippen LogP contribution in [0.5, 0.6) is 0 Å². The highest BCUT2D eigenvalue weighted by atomic mass is 16.4. The smallest absolute Gasteiger partial charge is 0.318 e. The van der Waals surface area contributed by atoms with E-state index in [4.69, 9.17) is 5.11 Å². The highest BCUT2D eigenvalue weighted by molar-refractivity contribution is 6.00. The molecule has 1 amide bonds. The molecule has 0 aromatic carbocycles. The zero-order valence-electron chi connectivity index (χ0n) is 10.4. The van der Waals surface area contributed by atoms with Crippen LogP contribution >= 0.6 is 0 Å². The Hall–Kier alpha value is -1.06. The minimum absolute atomic E-state index is 0.0288. The third-order valence-corrected chi connectivity index (χ3v) is 2.13. The maximum Gasteiger partial charge on any atom is 0.318 e. The molecule has 4 nitrogen and oxygen atoms in total. The second-order valence-corrected chi connectivity index (χ2v) is 5.65. The van der Waals surface area contributed by atoms with Gasteiger partial charge in [-0.2, -0.15) is 0 Å². The third-order valence-electron chi connectivity index (χ3n) is 2.13. The average molecular weight is 215 g/mol. The maximum atomic E-state index is 11.8. The molecular weight excluding hydrogens is 194 g/mol. The Bertz CT molecular complexity index is 263. The molecular formula is C11H21NO3. The van der Waals surface area contributed by atoms with Crippen LogP contribution in [0.25, 0.3) is 0 Å².